The van der Waals surface area contributed by atoms with Gasteiger partial charge >= 0.3 is 0 Å². The summed E-state index contributed by atoms with van der Waals surface area (Å²) < 4.78 is 6.13. The van der Waals surface area contributed by atoms with Gasteiger partial charge in [0.2, 0.25) is 0 Å². The highest BCUT2D eigenvalue weighted by atomic mass is 16.5. The first-order valence-electron chi connectivity index (χ1n) is 8.54. The van der Waals surface area contributed by atoms with Crippen LogP contribution >= 0.6 is 0 Å². The zero-order chi connectivity index (χ0) is 13.9. The Morgan fingerprint density at radius 1 is 1.20 bits per heavy atom. The molecule has 116 valence electrons. The maximum Gasteiger partial charge on any atom is 0.0829 e. The molecule has 3 aliphatic heterocycles. The first-order chi connectivity index (χ1) is 9.72. The van der Waals surface area contributed by atoms with Crippen molar-refractivity contribution < 1.29 is 4.74 Å². The van der Waals surface area contributed by atoms with Crippen molar-refractivity contribution in [1.82, 2.24) is 15.1 Å². The van der Waals surface area contributed by atoms with E-state index in [2.05, 4.69) is 29.0 Å². The van der Waals surface area contributed by atoms with Gasteiger partial charge in [0, 0.05) is 31.7 Å². The molecule has 0 saturated carbocycles. The van der Waals surface area contributed by atoms with E-state index in [1.807, 2.05) is 0 Å². The fourth-order valence-electron chi connectivity index (χ4n) is 3.92. The van der Waals surface area contributed by atoms with Crippen LogP contribution < -0.4 is 5.32 Å². The maximum atomic E-state index is 6.13. The lowest BCUT2D eigenvalue weighted by Gasteiger charge is -2.38. The second kappa shape index (κ2) is 6.73. The Balaban J connectivity index is 1.51. The molecular formula is C16H31N3O. The summed E-state index contributed by atoms with van der Waals surface area (Å²) in [6.07, 6.45) is 4.40. The lowest BCUT2D eigenvalue weighted by molar-refractivity contribution is -0.0614. The van der Waals surface area contributed by atoms with Crippen LogP contribution in [-0.4, -0.2) is 73.9 Å². The first kappa shape index (κ1) is 14.8. The van der Waals surface area contributed by atoms with Crippen molar-refractivity contribution in [1.29, 1.82) is 0 Å². The van der Waals surface area contributed by atoms with Crippen LogP contribution in [-0.2, 0) is 4.74 Å². The monoisotopic (exact) mass is 281 g/mol. The summed E-state index contributed by atoms with van der Waals surface area (Å²) in [6.45, 7) is 12.7. The molecule has 0 aromatic carbocycles. The van der Waals surface area contributed by atoms with Gasteiger partial charge in [-0.1, -0.05) is 13.8 Å². The van der Waals surface area contributed by atoms with Crippen molar-refractivity contribution in [3.63, 3.8) is 0 Å². The molecule has 0 aliphatic carbocycles. The third-order valence-electron chi connectivity index (χ3n) is 5.24. The van der Waals surface area contributed by atoms with Crippen molar-refractivity contribution in [3.8, 4) is 0 Å². The molecule has 1 N–H and O–H groups in total. The van der Waals surface area contributed by atoms with Gasteiger partial charge in [0.05, 0.1) is 12.7 Å². The number of nitrogens with one attached hydrogen (secondary N) is 1. The van der Waals surface area contributed by atoms with Crippen LogP contribution in [0.4, 0.5) is 0 Å². The van der Waals surface area contributed by atoms with E-state index in [0.29, 0.717) is 18.1 Å². The van der Waals surface area contributed by atoms with Gasteiger partial charge in [-0.25, -0.2) is 0 Å². The summed E-state index contributed by atoms with van der Waals surface area (Å²) in [7, 11) is 0. The van der Waals surface area contributed by atoms with E-state index in [0.717, 1.165) is 25.7 Å². The highest BCUT2D eigenvalue weighted by Gasteiger charge is 2.33. The standard InChI is InChI=1S/C16H31N3O/c1-13(2)16-11-18(7-4-6-17-16)9-15-10-19-8-3-5-14(19)12-20-15/h13-17H,3-12H2,1-2H3. The quantitative estimate of drug-likeness (QED) is 0.840. The average Bonchev–Trinajstić information content (AvgIpc) is 2.76. The number of hydrogen-bond acceptors (Lipinski definition) is 4. The summed E-state index contributed by atoms with van der Waals surface area (Å²) in [6, 6.07) is 1.36. The van der Waals surface area contributed by atoms with E-state index in [1.54, 1.807) is 0 Å². The molecule has 0 spiro atoms. The summed E-state index contributed by atoms with van der Waals surface area (Å²) in [4.78, 5) is 5.29. The van der Waals surface area contributed by atoms with E-state index >= 15 is 0 Å². The Labute approximate surface area is 123 Å². The second-order valence-corrected chi connectivity index (χ2v) is 7.16. The molecule has 3 fully saturated rings. The van der Waals surface area contributed by atoms with Crippen molar-refractivity contribution >= 4 is 0 Å². The number of morpholine rings is 1. The van der Waals surface area contributed by atoms with E-state index in [4.69, 9.17) is 4.74 Å². The molecule has 0 bridgehead atoms. The van der Waals surface area contributed by atoms with Crippen LogP contribution in [0.3, 0.4) is 0 Å². The van der Waals surface area contributed by atoms with Crippen LogP contribution in [0.1, 0.15) is 33.1 Å². The van der Waals surface area contributed by atoms with Crippen LogP contribution in [0.25, 0.3) is 0 Å². The van der Waals surface area contributed by atoms with Gasteiger partial charge in [0.25, 0.3) is 0 Å². The van der Waals surface area contributed by atoms with Crippen molar-refractivity contribution in [2.75, 3.05) is 45.9 Å². The Hall–Kier alpha value is -0.160. The molecule has 3 atom stereocenters. The molecule has 3 heterocycles. The van der Waals surface area contributed by atoms with Gasteiger partial charge in [-0.3, -0.25) is 9.80 Å². The molecule has 0 amide bonds. The molecular weight excluding hydrogens is 250 g/mol. The van der Waals surface area contributed by atoms with E-state index in [9.17, 15) is 0 Å². The Bertz CT molecular complexity index is 310. The smallest absolute Gasteiger partial charge is 0.0829 e. The molecule has 0 radical (unpaired) electrons. The van der Waals surface area contributed by atoms with Gasteiger partial charge < -0.3 is 10.1 Å². The Morgan fingerprint density at radius 2 is 2.10 bits per heavy atom. The lowest BCUT2D eigenvalue weighted by Crippen LogP contribution is -2.51. The normalized spacial score (nSPS) is 37.0. The van der Waals surface area contributed by atoms with Gasteiger partial charge in [0.1, 0.15) is 0 Å². The molecule has 3 aliphatic rings. The number of fused-ring (bicyclic) bond motifs is 1. The Morgan fingerprint density at radius 3 is 2.95 bits per heavy atom. The van der Waals surface area contributed by atoms with Crippen LogP contribution in [0, 0.1) is 5.92 Å². The molecule has 4 heteroatoms. The minimum atomic E-state index is 0.426. The third kappa shape index (κ3) is 3.53. The zero-order valence-corrected chi connectivity index (χ0v) is 13.2. The van der Waals surface area contributed by atoms with Crippen LogP contribution in [0.15, 0.2) is 0 Å². The number of nitrogens with zero attached hydrogens (tertiary/aromatic N) is 2. The largest absolute Gasteiger partial charge is 0.374 e. The predicted octanol–water partition coefficient (Wildman–Crippen LogP) is 1.17. The topological polar surface area (TPSA) is 27.7 Å². The molecule has 20 heavy (non-hydrogen) atoms. The van der Waals surface area contributed by atoms with Gasteiger partial charge in [-0.15, -0.1) is 0 Å². The molecule has 3 unspecified atom stereocenters. The second-order valence-electron chi connectivity index (χ2n) is 7.16. The summed E-state index contributed by atoms with van der Waals surface area (Å²) in [5, 5.41) is 3.69. The lowest BCUT2D eigenvalue weighted by atomic mass is 10.0. The fraction of sp³-hybridized carbons (Fsp3) is 1.00. The number of hydrogen-bond donors (Lipinski definition) is 1. The molecule has 3 rings (SSSR count). The average molecular weight is 281 g/mol. The fourth-order valence-corrected chi connectivity index (χ4v) is 3.92. The minimum Gasteiger partial charge on any atom is -0.374 e. The first-order valence-corrected chi connectivity index (χ1v) is 8.54. The Kier molecular flexibility index (Phi) is 4.97. The third-order valence-corrected chi connectivity index (χ3v) is 5.24. The zero-order valence-electron chi connectivity index (χ0n) is 13.2. The van der Waals surface area contributed by atoms with E-state index < -0.39 is 0 Å². The molecule has 0 aromatic rings. The van der Waals surface area contributed by atoms with Gasteiger partial charge in [-0.05, 0) is 44.8 Å². The SMILES string of the molecule is CC(C)C1CN(CC2CN3CCCC3CO2)CCCN1. The highest BCUT2D eigenvalue weighted by molar-refractivity contribution is 4.87. The summed E-state index contributed by atoms with van der Waals surface area (Å²) in [5.41, 5.74) is 0. The van der Waals surface area contributed by atoms with Gasteiger partial charge in [-0.2, -0.15) is 0 Å². The number of ether oxygens (including phenoxy) is 1. The van der Waals surface area contributed by atoms with Crippen molar-refractivity contribution in [2.45, 2.75) is 51.3 Å². The molecule has 4 nitrogen and oxygen atoms in total. The molecule has 3 saturated heterocycles. The van der Waals surface area contributed by atoms with E-state index in [1.165, 1.54) is 45.4 Å². The van der Waals surface area contributed by atoms with Crippen molar-refractivity contribution in [3.05, 3.63) is 0 Å². The maximum absolute atomic E-state index is 6.13. The highest BCUT2D eigenvalue weighted by Crippen LogP contribution is 2.23. The summed E-state index contributed by atoms with van der Waals surface area (Å²) >= 11 is 0. The predicted molar refractivity (Wildman–Crippen MR) is 82.0 cm³/mol. The van der Waals surface area contributed by atoms with Gasteiger partial charge in [0.15, 0.2) is 0 Å². The van der Waals surface area contributed by atoms with Crippen LogP contribution in [0.5, 0.6) is 0 Å². The van der Waals surface area contributed by atoms with Crippen LogP contribution in [0.2, 0.25) is 0 Å². The summed E-state index contributed by atoms with van der Waals surface area (Å²) in [5.74, 6) is 0.714. The number of rotatable bonds is 3. The van der Waals surface area contributed by atoms with Crippen molar-refractivity contribution in [2.24, 2.45) is 5.92 Å². The molecule has 0 aromatic heterocycles. The van der Waals surface area contributed by atoms with E-state index in [-0.39, 0.29) is 0 Å². The minimum absolute atomic E-state index is 0.426.